The third-order valence-corrected chi connectivity index (χ3v) is 12.3. The highest BCUT2D eigenvalue weighted by Gasteiger charge is 2.20. The molecule has 0 spiro atoms. The summed E-state index contributed by atoms with van der Waals surface area (Å²) in [6.07, 6.45) is 9.31. The first-order chi connectivity index (χ1) is 26.1. The fraction of sp³-hybridized carbons (Fsp3) is 0.0213. The molecule has 0 amide bonds. The van der Waals surface area contributed by atoms with Crippen molar-refractivity contribution in [2.24, 2.45) is 0 Å². The van der Waals surface area contributed by atoms with E-state index in [1.54, 1.807) is 17.4 Å². The lowest BCUT2D eigenvalue weighted by Gasteiger charge is -2.11. The number of aryl methyl sites for hydroxylation is 1. The van der Waals surface area contributed by atoms with Gasteiger partial charge in [0.15, 0.2) is 17.5 Å². The number of para-hydroxylation sites is 1. The summed E-state index contributed by atoms with van der Waals surface area (Å²) in [6.45, 7) is 2.14. The molecule has 0 bridgehead atoms. The van der Waals surface area contributed by atoms with Crippen molar-refractivity contribution in [3.8, 4) is 57.8 Å². The molecule has 0 saturated heterocycles. The average molecular weight is 713 g/mol. The van der Waals surface area contributed by atoms with Crippen molar-refractivity contribution in [3.63, 3.8) is 0 Å². The van der Waals surface area contributed by atoms with E-state index in [9.17, 15) is 0 Å². The minimum Gasteiger partial charge on any atom is -0.247 e. The number of terminal acetylenes is 1. The van der Waals surface area contributed by atoms with Crippen LogP contribution in [-0.4, -0.2) is 19.9 Å². The molecule has 0 N–H and O–H groups in total. The Hall–Kier alpha value is -6.52. The Kier molecular flexibility index (Phi) is 7.43. The largest absolute Gasteiger partial charge is 0.247 e. The molecule has 53 heavy (non-hydrogen) atoms. The van der Waals surface area contributed by atoms with Crippen molar-refractivity contribution in [3.05, 3.63) is 150 Å². The van der Waals surface area contributed by atoms with Crippen LogP contribution in [0.2, 0.25) is 0 Å². The second-order valence-electron chi connectivity index (χ2n) is 13.0. The zero-order valence-electron chi connectivity index (χ0n) is 28.5. The predicted octanol–water partition coefficient (Wildman–Crippen LogP) is 12.8. The van der Waals surface area contributed by atoms with Gasteiger partial charge in [0.1, 0.15) is 0 Å². The topological polar surface area (TPSA) is 51.6 Å². The molecule has 248 valence electrons. The van der Waals surface area contributed by atoms with Gasteiger partial charge < -0.3 is 0 Å². The summed E-state index contributed by atoms with van der Waals surface area (Å²) in [5, 5.41) is 7.06. The van der Waals surface area contributed by atoms with Crippen molar-refractivity contribution in [1.82, 2.24) is 19.9 Å². The van der Waals surface area contributed by atoms with Gasteiger partial charge in [0, 0.05) is 73.5 Å². The second-order valence-corrected chi connectivity index (χ2v) is 15.1. The summed E-state index contributed by atoms with van der Waals surface area (Å²) in [4.78, 5) is 21.7. The Balaban J connectivity index is 1.20. The molecular formula is C47H28N4S2. The number of thiophene rings is 2. The third-order valence-electron chi connectivity index (χ3n) is 9.84. The number of benzene rings is 6. The molecule has 0 atom stereocenters. The normalized spacial score (nSPS) is 11.8. The molecule has 0 aliphatic heterocycles. The monoisotopic (exact) mass is 712 g/mol. The summed E-state index contributed by atoms with van der Waals surface area (Å²) in [6, 6.07) is 46.5. The highest BCUT2D eigenvalue weighted by atomic mass is 32.1. The summed E-state index contributed by atoms with van der Waals surface area (Å²) in [5.74, 6) is 4.53. The van der Waals surface area contributed by atoms with Gasteiger partial charge in [-0.15, -0.1) is 29.1 Å². The first-order valence-electron chi connectivity index (χ1n) is 17.3. The molecule has 10 rings (SSSR count). The van der Waals surface area contributed by atoms with Crippen LogP contribution in [-0.2, 0) is 0 Å². The number of hydrogen-bond donors (Lipinski definition) is 0. The van der Waals surface area contributed by atoms with E-state index in [2.05, 4.69) is 110 Å². The first kappa shape index (κ1) is 31.2. The number of rotatable bonds is 5. The van der Waals surface area contributed by atoms with E-state index in [4.69, 9.17) is 26.4 Å². The van der Waals surface area contributed by atoms with Crippen molar-refractivity contribution in [1.29, 1.82) is 0 Å². The smallest absolute Gasteiger partial charge is 0.164 e. The maximum Gasteiger partial charge on any atom is 0.164 e. The van der Waals surface area contributed by atoms with Crippen molar-refractivity contribution >= 4 is 80.7 Å². The van der Waals surface area contributed by atoms with Crippen molar-refractivity contribution in [2.45, 2.75) is 6.92 Å². The number of fused-ring (bicyclic) bond motifs is 8. The van der Waals surface area contributed by atoms with Crippen LogP contribution in [0.4, 0.5) is 0 Å². The molecule has 0 unspecified atom stereocenters. The van der Waals surface area contributed by atoms with Gasteiger partial charge in [-0.05, 0) is 55.0 Å². The first-order valence-corrected chi connectivity index (χ1v) is 19.0. The highest BCUT2D eigenvalue weighted by molar-refractivity contribution is 7.26. The molecule has 0 aliphatic rings. The van der Waals surface area contributed by atoms with Gasteiger partial charge in [0.05, 0.1) is 11.2 Å². The lowest BCUT2D eigenvalue weighted by Crippen LogP contribution is -2.00. The Morgan fingerprint density at radius 2 is 1.26 bits per heavy atom. The number of pyridine rings is 1. The SMILES string of the molecule is C#C/C=C\c1sc2cccc(-c3nc(-c4ccccc4)nc(-c4ccc5sc6c(ccc7c(-c8ccccc8)nc8ccccc8c76)c5c4)n3)c2c1C. The molecule has 6 aromatic carbocycles. The minimum atomic E-state index is 0.634. The van der Waals surface area contributed by atoms with Crippen LogP contribution in [0.3, 0.4) is 0 Å². The van der Waals surface area contributed by atoms with E-state index in [1.807, 2.05) is 53.8 Å². The number of hydrogen-bond acceptors (Lipinski definition) is 6. The van der Waals surface area contributed by atoms with Gasteiger partial charge in [0.25, 0.3) is 0 Å². The Labute approximate surface area is 313 Å². The Morgan fingerprint density at radius 1 is 0.547 bits per heavy atom. The van der Waals surface area contributed by atoms with Crippen molar-refractivity contribution in [2.75, 3.05) is 0 Å². The Bertz CT molecular complexity index is 3130. The minimum absolute atomic E-state index is 0.634. The molecular weight excluding hydrogens is 685 g/mol. The van der Waals surface area contributed by atoms with Gasteiger partial charge in [-0.2, -0.15) is 0 Å². The van der Waals surface area contributed by atoms with Crippen LogP contribution in [0.15, 0.2) is 140 Å². The van der Waals surface area contributed by atoms with Crippen LogP contribution in [0.5, 0.6) is 0 Å². The van der Waals surface area contributed by atoms with E-state index in [0.29, 0.717) is 17.5 Å². The summed E-state index contributed by atoms with van der Waals surface area (Å²) in [5.41, 5.74) is 7.11. The highest BCUT2D eigenvalue weighted by Crippen LogP contribution is 2.44. The number of aromatic nitrogens is 4. The predicted molar refractivity (Wildman–Crippen MR) is 225 cm³/mol. The molecule has 0 aliphatic carbocycles. The molecule has 0 fully saturated rings. The summed E-state index contributed by atoms with van der Waals surface area (Å²) < 4.78 is 3.62. The van der Waals surface area contributed by atoms with Gasteiger partial charge in [-0.1, -0.05) is 109 Å². The zero-order chi connectivity index (χ0) is 35.5. The maximum atomic E-state index is 5.56. The standard InChI is InChI=1S/C47H28N4S2/c1-3-4-21-38-28(2)41-35(19-13-22-40(41)52-38)47-50-45(30-16-9-6-10-17-30)49-46(51-47)31-23-26-39-36(27-31)32-24-25-34-42(44(32)53-39)33-18-11-12-20-37(33)48-43(34)29-14-7-5-8-15-29/h1,4-27H,2H3/b21-4-. The van der Waals surface area contributed by atoms with E-state index >= 15 is 0 Å². The van der Waals surface area contributed by atoms with Crippen molar-refractivity contribution < 1.29 is 0 Å². The fourth-order valence-electron chi connectivity index (χ4n) is 7.36. The average Bonchev–Trinajstić information content (AvgIpc) is 3.76. The summed E-state index contributed by atoms with van der Waals surface area (Å²) in [7, 11) is 0. The van der Waals surface area contributed by atoms with Gasteiger partial charge in [-0.25, -0.2) is 19.9 Å². The third kappa shape index (κ3) is 5.21. The molecule has 0 saturated carbocycles. The summed E-state index contributed by atoms with van der Waals surface area (Å²) >= 11 is 3.55. The van der Waals surface area contributed by atoms with Crippen LogP contribution in [0.25, 0.3) is 103 Å². The van der Waals surface area contributed by atoms with Crippen LogP contribution < -0.4 is 0 Å². The molecule has 10 aromatic rings. The fourth-order valence-corrected chi connectivity index (χ4v) is 9.74. The number of allylic oxidation sites excluding steroid dienone is 1. The lowest BCUT2D eigenvalue weighted by atomic mass is 9.98. The van der Waals surface area contributed by atoms with Gasteiger partial charge in [-0.3, -0.25) is 0 Å². The molecule has 4 heterocycles. The molecule has 4 aromatic heterocycles. The van der Waals surface area contributed by atoms with Crippen LogP contribution in [0.1, 0.15) is 10.4 Å². The maximum absolute atomic E-state index is 5.56. The van der Waals surface area contributed by atoms with E-state index in [1.165, 1.54) is 25.6 Å². The Morgan fingerprint density at radius 3 is 2.08 bits per heavy atom. The second kappa shape index (κ2) is 12.6. The zero-order valence-corrected chi connectivity index (χ0v) is 30.2. The van der Waals surface area contributed by atoms with Gasteiger partial charge in [0.2, 0.25) is 0 Å². The van der Waals surface area contributed by atoms with Crippen LogP contribution in [0, 0.1) is 19.3 Å². The molecule has 6 heteroatoms. The van der Waals surface area contributed by atoms with E-state index < -0.39 is 0 Å². The lowest BCUT2D eigenvalue weighted by molar-refractivity contribution is 1.08. The number of nitrogens with zero attached hydrogens (tertiary/aromatic N) is 4. The molecule has 0 radical (unpaired) electrons. The molecule has 4 nitrogen and oxygen atoms in total. The van der Waals surface area contributed by atoms with E-state index in [-0.39, 0.29) is 0 Å². The van der Waals surface area contributed by atoms with E-state index in [0.717, 1.165) is 64.8 Å². The quantitative estimate of drug-likeness (QED) is 0.132. The van der Waals surface area contributed by atoms with Gasteiger partial charge >= 0.3 is 0 Å². The van der Waals surface area contributed by atoms with Crippen LogP contribution >= 0.6 is 22.7 Å².